The van der Waals surface area contributed by atoms with E-state index in [2.05, 4.69) is 15.3 Å². The van der Waals surface area contributed by atoms with Gasteiger partial charge in [-0.25, -0.2) is 4.98 Å². The Morgan fingerprint density at radius 1 is 1.37 bits per heavy atom. The molecule has 0 radical (unpaired) electrons. The number of amides is 1. The van der Waals surface area contributed by atoms with Gasteiger partial charge in [-0.05, 0) is 11.6 Å². The van der Waals surface area contributed by atoms with E-state index in [1.54, 1.807) is 0 Å². The molecule has 0 spiro atoms. The maximum atomic E-state index is 11.8. The Morgan fingerprint density at radius 2 is 2.26 bits per heavy atom. The summed E-state index contributed by atoms with van der Waals surface area (Å²) < 4.78 is 5.74. The van der Waals surface area contributed by atoms with E-state index in [0.29, 0.717) is 12.2 Å². The van der Waals surface area contributed by atoms with Gasteiger partial charge in [-0.2, -0.15) is 0 Å². The lowest BCUT2D eigenvalue weighted by atomic mass is 10.1. The van der Waals surface area contributed by atoms with Crippen molar-refractivity contribution in [2.75, 3.05) is 6.54 Å². The van der Waals surface area contributed by atoms with Gasteiger partial charge >= 0.3 is 0 Å². The third kappa shape index (κ3) is 2.54. The number of nitrogens with zero attached hydrogens (tertiary/aromatic N) is 2. The molecule has 19 heavy (non-hydrogen) atoms. The van der Waals surface area contributed by atoms with Crippen LogP contribution in [0.15, 0.2) is 42.9 Å². The van der Waals surface area contributed by atoms with Crippen molar-refractivity contribution in [3.05, 3.63) is 54.1 Å². The van der Waals surface area contributed by atoms with Gasteiger partial charge in [0.1, 0.15) is 17.5 Å². The van der Waals surface area contributed by atoms with Crippen LogP contribution < -0.4 is 10.1 Å². The van der Waals surface area contributed by atoms with Gasteiger partial charge in [0.15, 0.2) is 0 Å². The van der Waals surface area contributed by atoms with Gasteiger partial charge < -0.3 is 10.1 Å². The predicted molar refractivity (Wildman–Crippen MR) is 68.9 cm³/mol. The lowest BCUT2D eigenvalue weighted by Gasteiger charge is -2.11. The Morgan fingerprint density at radius 3 is 3.05 bits per heavy atom. The first-order valence-electron chi connectivity index (χ1n) is 6.12. The van der Waals surface area contributed by atoms with Gasteiger partial charge in [0, 0.05) is 18.8 Å². The lowest BCUT2D eigenvalue weighted by molar-refractivity contribution is 0.0928. The number of carbonyl (C=O) groups is 1. The van der Waals surface area contributed by atoms with Gasteiger partial charge in [-0.1, -0.05) is 18.2 Å². The Bertz CT molecular complexity index is 561. The van der Waals surface area contributed by atoms with Crippen LogP contribution in [0.2, 0.25) is 0 Å². The largest absolute Gasteiger partial charge is 0.488 e. The van der Waals surface area contributed by atoms with Crippen molar-refractivity contribution in [3.8, 4) is 5.75 Å². The number of rotatable bonds is 3. The molecule has 1 aliphatic heterocycles. The summed E-state index contributed by atoms with van der Waals surface area (Å²) in [6.07, 6.45) is 5.28. The van der Waals surface area contributed by atoms with E-state index in [-0.39, 0.29) is 12.0 Å². The van der Waals surface area contributed by atoms with Crippen LogP contribution in [0.1, 0.15) is 16.1 Å². The minimum absolute atomic E-state index is 0.0157. The van der Waals surface area contributed by atoms with Crippen LogP contribution in [0.4, 0.5) is 0 Å². The number of aromatic nitrogens is 2. The first-order valence-corrected chi connectivity index (χ1v) is 6.12. The van der Waals surface area contributed by atoms with Gasteiger partial charge in [0.25, 0.3) is 5.91 Å². The fourth-order valence-electron chi connectivity index (χ4n) is 2.08. The Labute approximate surface area is 110 Å². The maximum absolute atomic E-state index is 11.8. The molecule has 0 unspecified atom stereocenters. The van der Waals surface area contributed by atoms with Crippen molar-refractivity contribution in [3.63, 3.8) is 0 Å². The topological polar surface area (TPSA) is 64.1 Å². The summed E-state index contributed by atoms with van der Waals surface area (Å²) in [5.41, 5.74) is 1.50. The molecule has 96 valence electrons. The zero-order valence-corrected chi connectivity index (χ0v) is 10.2. The van der Waals surface area contributed by atoms with Crippen LogP contribution in [0, 0.1) is 0 Å². The molecule has 1 aromatic carbocycles. The number of nitrogens with one attached hydrogen (secondary N) is 1. The normalized spacial score (nSPS) is 16.5. The molecule has 3 rings (SSSR count). The van der Waals surface area contributed by atoms with E-state index in [0.717, 1.165) is 12.2 Å². The third-order valence-corrected chi connectivity index (χ3v) is 3.00. The summed E-state index contributed by atoms with van der Waals surface area (Å²) in [7, 11) is 0. The molecule has 1 atom stereocenters. The monoisotopic (exact) mass is 255 g/mol. The van der Waals surface area contributed by atoms with Gasteiger partial charge in [-0.15, -0.1) is 0 Å². The number of fused-ring (bicyclic) bond motifs is 1. The molecular weight excluding hydrogens is 242 g/mol. The quantitative estimate of drug-likeness (QED) is 0.895. The van der Waals surface area contributed by atoms with E-state index >= 15 is 0 Å². The van der Waals surface area contributed by atoms with Crippen LogP contribution in [0.25, 0.3) is 0 Å². The number of hydrogen-bond acceptors (Lipinski definition) is 4. The minimum atomic E-state index is -0.229. The summed E-state index contributed by atoms with van der Waals surface area (Å²) in [5, 5.41) is 2.81. The Hall–Kier alpha value is -2.43. The van der Waals surface area contributed by atoms with Crippen molar-refractivity contribution < 1.29 is 9.53 Å². The minimum Gasteiger partial charge on any atom is -0.488 e. The van der Waals surface area contributed by atoms with E-state index < -0.39 is 0 Å². The van der Waals surface area contributed by atoms with Crippen molar-refractivity contribution in [2.45, 2.75) is 12.5 Å². The standard InChI is InChI=1S/C14H13N3O2/c18-14(12-9-15-5-6-16-12)17-8-11-7-10-3-1-2-4-13(10)19-11/h1-6,9,11H,7-8H2,(H,17,18)/t11-/m0/s1. The molecule has 1 amide bonds. The number of ether oxygens (including phenoxy) is 1. The fraction of sp³-hybridized carbons (Fsp3) is 0.214. The van der Waals surface area contributed by atoms with E-state index in [9.17, 15) is 4.79 Å². The fourth-order valence-corrected chi connectivity index (χ4v) is 2.08. The van der Waals surface area contributed by atoms with Gasteiger partial charge in [0.2, 0.25) is 0 Å². The highest BCUT2D eigenvalue weighted by Gasteiger charge is 2.22. The molecule has 0 aliphatic carbocycles. The molecule has 2 heterocycles. The molecule has 1 aromatic heterocycles. The smallest absolute Gasteiger partial charge is 0.271 e. The number of carbonyl (C=O) groups excluding carboxylic acids is 1. The second-order valence-corrected chi connectivity index (χ2v) is 4.35. The zero-order chi connectivity index (χ0) is 13.1. The molecule has 0 saturated carbocycles. The summed E-state index contributed by atoms with van der Waals surface area (Å²) in [6, 6.07) is 7.92. The van der Waals surface area contributed by atoms with E-state index in [4.69, 9.17) is 4.74 Å². The first kappa shape index (κ1) is 11.6. The lowest BCUT2D eigenvalue weighted by Crippen LogP contribution is -2.34. The zero-order valence-electron chi connectivity index (χ0n) is 10.2. The molecular formula is C14H13N3O2. The Balaban J connectivity index is 1.56. The highest BCUT2D eigenvalue weighted by atomic mass is 16.5. The first-order chi connectivity index (χ1) is 9.33. The highest BCUT2D eigenvalue weighted by Crippen LogP contribution is 2.27. The van der Waals surface area contributed by atoms with Crippen LogP contribution in [0.5, 0.6) is 5.75 Å². The molecule has 5 heteroatoms. The van der Waals surface area contributed by atoms with Gasteiger partial charge in [-0.3, -0.25) is 9.78 Å². The van der Waals surface area contributed by atoms with Crippen molar-refractivity contribution in [2.24, 2.45) is 0 Å². The summed E-state index contributed by atoms with van der Waals surface area (Å²) >= 11 is 0. The van der Waals surface area contributed by atoms with E-state index in [1.165, 1.54) is 24.2 Å². The summed E-state index contributed by atoms with van der Waals surface area (Å²) in [5.74, 6) is 0.675. The second-order valence-electron chi connectivity index (χ2n) is 4.35. The van der Waals surface area contributed by atoms with Crippen molar-refractivity contribution in [1.82, 2.24) is 15.3 Å². The van der Waals surface area contributed by atoms with Crippen LogP contribution in [-0.2, 0) is 6.42 Å². The molecule has 0 bridgehead atoms. The molecule has 0 fully saturated rings. The van der Waals surface area contributed by atoms with Crippen molar-refractivity contribution >= 4 is 5.91 Å². The predicted octanol–water partition coefficient (Wildman–Crippen LogP) is 1.21. The summed E-state index contributed by atoms with van der Waals surface area (Å²) in [4.78, 5) is 19.6. The third-order valence-electron chi connectivity index (χ3n) is 3.00. The van der Waals surface area contributed by atoms with Gasteiger partial charge in [0.05, 0.1) is 12.7 Å². The highest BCUT2D eigenvalue weighted by molar-refractivity contribution is 5.91. The van der Waals surface area contributed by atoms with Crippen LogP contribution in [-0.4, -0.2) is 28.5 Å². The van der Waals surface area contributed by atoms with Crippen LogP contribution in [0.3, 0.4) is 0 Å². The van der Waals surface area contributed by atoms with E-state index in [1.807, 2.05) is 24.3 Å². The average Bonchev–Trinajstić information content (AvgIpc) is 2.88. The summed E-state index contributed by atoms with van der Waals surface area (Å²) in [6.45, 7) is 0.462. The number of para-hydroxylation sites is 1. The molecule has 5 nitrogen and oxygen atoms in total. The number of benzene rings is 1. The van der Waals surface area contributed by atoms with Crippen LogP contribution >= 0.6 is 0 Å². The molecule has 2 aromatic rings. The SMILES string of the molecule is O=C(NC[C@@H]1Cc2ccccc2O1)c1cnccn1. The molecule has 1 aliphatic rings. The maximum Gasteiger partial charge on any atom is 0.271 e. The molecule has 0 saturated heterocycles. The average molecular weight is 255 g/mol. The van der Waals surface area contributed by atoms with Crippen molar-refractivity contribution in [1.29, 1.82) is 0 Å². The molecule has 1 N–H and O–H groups in total. The second kappa shape index (κ2) is 5.06. The Kier molecular flexibility index (Phi) is 3.10. The number of hydrogen-bond donors (Lipinski definition) is 1.